The van der Waals surface area contributed by atoms with Crippen LogP contribution >= 0.6 is 0 Å². The van der Waals surface area contributed by atoms with Crippen LogP contribution in [0, 0.1) is 0 Å². The van der Waals surface area contributed by atoms with Crippen molar-refractivity contribution in [1.29, 1.82) is 0 Å². The molecule has 18 heavy (non-hydrogen) atoms. The van der Waals surface area contributed by atoms with Gasteiger partial charge >= 0.3 is 0 Å². The Morgan fingerprint density at radius 3 is 2.44 bits per heavy atom. The Kier molecular flexibility index (Phi) is 5.70. The van der Waals surface area contributed by atoms with Crippen LogP contribution in [0.25, 0.3) is 0 Å². The van der Waals surface area contributed by atoms with Crippen molar-refractivity contribution < 1.29 is 4.79 Å². The molecule has 3 N–H and O–H groups in total. The quantitative estimate of drug-likeness (QED) is 0.550. The predicted molar refractivity (Wildman–Crippen MR) is 74.9 cm³/mol. The Morgan fingerprint density at radius 1 is 1.28 bits per heavy atom. The Hall–Kier alpha value is -2.04. The number of anilines is 1. The smallest absolute Gasteiger partial charge is 0.221 e. The van der Waals surface area contributed by atoms with Crippen molar-refractivity contribution in [2.45, 2.75) is 13.3 Å². The second-order valence-corrected chi connectivity index (χ2v) is 3.88. The summed E-state index contributed by atoms with van der Waals surface area (Å²) in [5.41, 5.74) is 2.04. The minimum atomic E-state index is -0.0535. The molecule has 0 aromatic heterocycles. The van der Waals surface area contributed by atoms with Gasteiger partial charge in [-0.25, -0.2) is 0 Å². The molecule has 0 aliphatic heterocycles. The fraction of sp³-hybridized carbons (Fsp3) is 0.385. The Labute approximate surface area is 108 Å². The van der Waals surface area contributed by atoms with Gasteiger partial charge in [-0.1, -0.05) is 12.1 Å². The number of carbonyl (C=O) groups excluding carboxylic acids is 1. The highest BCUT2D eigenvalue weighted by Crippen LogP contribution is 2.09. The number of nitrogens with zero attached hydrogens (tertiary/aromatic N) is 1. The number of nitrogens with one attached hydrogen (secondary N) is 3. The maximum absolute atomic E-state index is 10.9. The summed E-state index contributed by atoms with van der Waals surface area (Å²) in [6.07, 6.45) is 0.904. The van der Waals surface area contributed by atoms with Crippen molar-refractivity contribution in [3.05, 3.63) is 29.8 Å². The van der Waals surface area contributed by atoms with E-state index in [1.165, 1.54) is 12.5 Å². The number of carbonyl (C=O) groups is 1. The number of aliphatic imine (C=N–C) groups is 1. The van der Waals surface area contributed by atoms with Gasteiger partial charge in [0.2, 0.25) is 5.91 Å². The molecule has 0 radical (unpaired) electrons. The summed E-state index contributed by atoms with van der Waals surface area (Å²) >= 11 is 0. The van der Waals surface area contributed by atoms with Crippen LogP contribution in [0.1, 0.15) is 12.5 Å². The number of hydrogen-bond donors (Lipinski definition) is 3. The summed E-state index contributed by atoms with van der Waals surface area (Å²) in [6.45, 7) is 2.31. The largest absolute Gasteiger partial charge is 0.359 e. The fourth-order valence-corrected chi connectivity index (χ4v) is 1.56. The first-order chi connectivity index (χ1) is 8.65. The van der Waals surface area contributed by atoms with Crippen molar-refractivity contribution in [2.75, 3.05) is 26.0 Å². The van der Waals surface area contributed by atoms with Crippen molar-refractivity contribution >= 4 is 17.6 Å². The van der Waals surface area contributed by atoms with Crippen LogP contribution in [-0.2, 0) is 11.2 Å². The lowest BCUT2D eigenvalue weighted by molar-refractivity contribution is -0.114. The topological polar surface area (TPSA) is 65.5 Å². The van der Waals surface area contributed by atoms with E-state index in [0.29, 0.717) is 0 Å². The molecule has 0 unspecified atom stereocenters. The van der Waals surface area contributed by atoms with E-state index >= 15 is 0 Å². The van der Waals surface area contributed by atoms with Crippen molar-refractivity contribution in [2.24, 2.45) is 4.99 Å². The summed E-state index contributed by atoms with van der Waals surface area (Å²) in [7, 11) is 3.57. The average molecular weight is 248 g/mol. The lowest BCUT2D eigenvalue weighted by Crippen LogP contribution is -2.35. The molecule has 98 valence electrons. The summed E-state index contributed by atoms with van der Waals surface area (Å²) < 4.78 is 0. The van der Waals surface area contributed by atoms with Gasteiger partial charge in [0.05, 0.1) is 0 Å². The Balaban J connectivity index is 2.42. The third-order valence-corrected chi connectivity index (χ3v) is 2.44. The van der Waals surface area contributed by atoms with Crippen LogP contribution in [0.3, 0.4) is 0 Å². The molecule has 0 aliphatic rings. The molecule has 0 saturated heterocycles. The van der Waals surface area contributed by atoms with E-state index in [9.17, 15) is 4.79 Å². The number of amides is 1. The highest BCUT2D eigenvalue weighted by molar-refractivity contribution is 5.88. The third-order valence-electron chi connectivity index (χ3n) is 2.44. The first kappa shape index (κ1) is 14.0. The van der Waals surface area contributed by atoms with Gasteiger partial charge in [-0.05, 0) is 24.1 Å². The molecule has 5 nitrogen and oxygen atoms in total. The second kappa shape index (κ2) is 7.32. The first-order valence-electron chi connectivity index (χ1n) is 5.90. The van der Waals surface area contributed by atoms with Crippen LogP contribution in [0.5, 0.6) is 0 Å². The second-order valence-electron chi connectivity index (χ2n) is 3.88. The summed E-state index contributed by atoms with van der Waals surface area (Å²) in [5, 5.41) is 8.88. The number of benzene rings is 1. The van der Waals surface area contributed by atoms with Gasteiger partial charge in [-0.15, -0.1) is 0 Å². The molecule has 5 heteroatoms. The molecule has 1 aromatic rings. The standard InChI is InChI=1S/C13H20N4O/c1-10(18)17-12-6-4-11(5-7-12)8-9-16-13(14-2)15-3/h4-7H,8-9H2,1-3H3,(H,17,18)(H2,14,15,16). The minimum absolute atomic E-state index is 0.0535. The van der Waals surface area contributed by atoms with Crippen LogP contribution in [0.2, 0.25) is 0 Å². The van der Waals surface area contributed by atoms with Gasteiger partial charge in [0.25, 0.3) is 0 Å². The van der Waals surface area contributed by atoms with Gasteiger partial charge in [-0.2, -0.15) is 0 Å². The molecule has 0 atom stereocenters. The number of guanidine groups is 1. The van der Waals surface area contributed by atoms with E-state index in [2.05, 4.69) is 20.9 Å². The van der Waals surface area contributed by atoms with Gasteiger partial charge in [0.15, 0.2) is 5.96 Å². The monoisotopic (exact) mass is 248 g/mol. The lowest BCUT2D eigenvalue weighted by atomic mass is 10.1. The van der Waals surface area contributed by atoms with E-state index in [0.717, 1.165) is 24.6 Å². The highest BCUT2D eigenvalue weighted by Gasteiger charge is 1.97. The van der Waals surface area contributed by atoms with E-state index in [1.807, 2.05) is 31.3 Å². The molecule has 0 fully saturated rings. The third kappa shape index (κ3) is 4.86. The summed E-state index contributed by atoms with van der Waals surface area (Å²) in [4.78, 5) is 14.9. The molecule has 1 amide bonds. The normalized spacial score (nSPS) is 10.9. The van der Waals surface area contributed by atoms with Crippen molar-refractivity contribution in [3.63, 3.8) is 0 Å². The maximum Gasteiger partial charge on any atom is 0.221 e. The SMILES string of the molecule is CN=C(NC)NCCc1ccc(NC(C)=O)cc1. The molecule has 0 aliphatic carbocycles. The zero-order chi connectivity index (χ0) is 13.4. The van der Waals surface area contributed by atoms with E-state index in [1.54, 1.807) is 7.05 Å². The zero-order valence-corrected chi connectivity index (χ0v) is 11.1. The molecule has 0 saturated carbocycles. The Bertz CT molecular complexity index is 412. The van der Waals surface area contributed by atoms with E-state index < -0.39 is 0 Å². The molecule has 0 spiro atoms. The Morgan fingerprint density at radius 2 is 1.94 bits per heavy atom. The van der Waals surface area contributed by atoms with Crippen LogP contribution in [0.15, 0.2) is 29.3 Å². The molecule has 1 aromatic carbocycles. The fourth-order valence-electron chi connectivity index (χ4n) is 1.56. The van der Waals surface area contributed by atoms with E-state index in [-0.39, 0.29) is 5.91 Å². The van der Waals surface area contributed by atoms with Crippen molar-refractivity contribution in [1.82, 2.24) is 10.6 Å². The van der Waals surface area contributed by atoms with Gasteiger partial charge in [0.1, 0.15) is 0 Å². The lowest BCUT2D eigenvalue weighted by Gasteiger charge is -2.08. The molecule has 0 heterocycles. The molecular formula is C13H20N4O. The van der Waals surface area contributed by atoms with Gasteiger partial charge in [-0.3, -0.25) is 9.79 Å². The van der Waals surface area contributed by atoms with Crippen LogP contribution in [0.4, 0.5) is 5.69 Å². The van der Waals surface area contributed by atoms with Crippen LogP contribution < -0.4 is 16.0 Å². The summed E-state index contributed by atoms with van der Waals surface area (Å²) in [6, 6.07) is 7.83. The predicted octanol–water partition coefficient (Wildman–Crippen LogP) is 0.982. The summed E-state index contributed by atoms with van der Waals surface area (Å²) in [5.74, 6) is 0.729. The first-order valence-corrected chi connectivity index (χ1v) is 5.90. The van der Waals surface area contributed by atoms with Crippen molar-refractivity contribution in [3.8, 4) is 0 Å². The molecular weight excluding hydrogens is 228 g/mol. The van der Waals surface area contributed by atoms with Gasteiger partial charge in [0, 0.05) is 33.3 Å². The highest BCUT2D eigenvalue weighted by atomic mass is 16.1. The number of hydrogen-bond acceptors (Lipinski definition) is 2. The van der Waals surface area contributed by atoms with E-state index in [4.69, 9.17) is 0 Å². The maximum atomic E-state index is 10.9. The van der Waals surface area contributed by atoms with Crippen LogP contribution in [-0.4, -0.2) is 32.5 Å². The average Bonchev–Trinajstić information content (AvgIpc) is 2.36. The molecule has 0 bridgehead atoms. The molecule has 1 rings (SSSR count). The van der Waals surface area contributed by atoms with Gasteiger partial charge < -0.3 is 16.0 Å². The minimum Gasteiger partial charge on any atom is -0.359 e. The zero-order valence-electron chi connectivity index (χ0n) is 11.1. The number of rotatable bonds is 4.